The van der Waals surface area contributed by atoms with Crippen molar-refractivity contribution < 1.29 is 9.59 Å². The Balaban J connectivity index is 1.81. The van der Waals surface area contributed by atoms with Crippen molar-refractivity contribution in [2.45, 2.75) is 38.6 Å². The van der Waals surface area contributed by atoms with Crippen LogP contribution in [0.4, 0.5) is 0 Å². The minimum Gasteiger partial charge on any atom is -0.354 e. The van der Waals surface area contributed by atoms with Gasteiger partial charge in [-0.1, -0.05) is 98.2 Å². The lowest BCUT2D eigenvalue weighted by Crippen LogP contribution is -2.51. The first-order valence-corrected chi connectivity index (χ1v) is 13.4. The summed E-state index contributed by atoms with van der Waals surface area (Å²) >= 11 is 7.64. The number of thioether (sulfide) groups is 1. The fourth-order valence-corrected chi connectivity index (χ4v) is 4.79. The average molecular weight is 509 g/mol. The lowest BCUT2D eigenvalue weighted by atomic mass is 10.0. The van der Waals surface area contributed by atoms with Gasteiger partial charge < -0.3 is 10.2 Å². The number of rotatable bonds is 12. The molecular formula is C29H33ClN2O2S. The molecule has 3 aromatic carbocycles. The first-order chi connectivity index (χ1) is 16.9. The molecular weight excluding hydrogens is 476 g/mol. The van der Waals surface area contributed by atoms with Crippen LogP contribution >= 0.6 is 23.4 Å². The molecule has 4 nitrogen and oxygen atoms in total. The van der Waals surface area contributed by atoms with Crippen molar-refractivity contribution in [2.75, 3.05) is 12.3 Å². The van der Waals surface area contributed by atoms with E-state index in [1.54, 1.807) is 4.90 Å². The molecule has 3 rings (SSSR count). The topological polar surface area (TPSA) is 49.4 Å². The molecule has 3 aromatic rings. The maximum atomic E-state index is 13.6. The Morgan fingerprint density at radius 1 is 0.886 bits per heavy atom. The fraction of sp³-hybridized carbons (Fsp3) is 0.310. The zero-order chi connectivity index (χ0) is 25.0. The number of halogens is 1. The standard InChI is InChI=1S/C29H33ClN2O2S/c1-22(2)18-31-29(34)27(17-23-10-5-3-6-11-23)32(19-24-12-7-4-8-13-24)28(33)21-35-20-25-14-9-15-26(30)16-25/h3-16,22,27H,17-21H2,1-2H3,(H,31,34)/t27-/m0/s1. The molecule has 0 saturated heterocycles. The van der Waals surface area contributed by atoms with Gasteiger partial charge in [0.15, 0.2) is 0 Å². The number of nitrogens with zero attached hydrogens (tertiary/aromatic N) is 1. The van der Waals surface area contributed by atoms with Gasteiger partial charge in [-0.25, -0.2) is 0 Å². The van der Waals surface area contributed by atoms with Gasteiger partial charge in [0, 0.05) is 30.3 Å². The quantitative estimate of drug-likeness (QED) is 0.327. The van der Waals surface area contributed by atoms with E-state index in [1.165, 1.54) is 11.8 Å². The largest absolute Gasteiger partial charge is 0.354 e. The van der Waals surface area contributed by atoms with Crippen LogP contribution in [0.3, 0.4) is 0 Å². The highest BCUT2D eigenvalue weighted by atomic mass is 35.5. The molecule has 0 aliphatic carbocycles. The van der Waals surface area contributed by atoms with Crippen LogP contribution in [-0.2, 0) is 28.3 Å². The Kier molecular flexibility index (Phi) is 10.7. The SMILES string of the molecule is CC(C)CNC(=O)[C@H](Cc1ccccc1)N(Cc1ccccc1)C(=O)CSCc1cccc(Cl)c1. The smallest absolute Gasteiger partial charge is 0.243 e. The predicted octanol–water partition coefficient (Wildman–Crippen LogP) is 5.99. The van der Waals surface area contributed by atoms with Crippen LogP contribution in [0.5, 0.6) is 0 Å². The Hall–Kier alpha value is -2.76. The third-order valence-electron chi connectivity index (χ3n) is 5.53. The molecule has 0 bridgehead atoms. The second-order valence-corrected chi connectivity index (χ2v) is 10.4. The van der Waals surface area contributed by atoms with Crippen LogP contribution in [0.15, 0.2) is 84.9 Å². The number of carbonyl (C=O) groups excluding carboxylic acids is 2. The minimum absolute atomic E-state index is 0.0542. The first-order valence-electron chi connectivity index (χ1n) is 11.9. The third-order valence-corrected chi connectivity index (χ3v) is 6.76. The molecule has 1 atom stereocenters. The molecule has 184 valence electrons. The number of amides is 2. The van der Waals surface area contributed by atoms with Crippen LogP contribution in [0, 0.1) is 5.92 Å². The monoisotopic (exact) mass is 508 g/mol. The lowest BCUT2D eigenvalue weighted by molar-refractivity contribution is -0.139. The summed E-state index contributed by atoms with van der Waals surface area (Å²) < 4.78 is 0. The molecule has 0 saturated carbocycles. The summed E-state index contributed by atoms with van der Waals surface area (Å²) in [5.41, 5.74) is 3.09. The van der Waals surface area contributed by atoms with Gasteiger partial charge in [-0.05, 0) is 34.7 Å². The molecule has 0 aromatic heterocycles. The third kappa shape index (κ3) is 9.08. The zero-order valence-electron chi connectivity index (χ0n) is 20.3. The van der Waals surface area contributed by atoms with E-state index in [2.05, 4.69) is 19.2 Å². The van der Waals surface area contributed by atoms with Crippen LogP contribution in [-0.4, -0.2) is 35.1 Å². The van der Waals surface area contributed by atoms with E-state index >= 15 is 0 Å². The summed E-state index contributed by atoms with van der Waals surface area (Å²) in [7, 11) is 0. The van der Waals surface area contributed by atoms with E-state index in [0.29, 0.717) is 36.2 Å². The zero-order valence-corrected chi connectivity index (χ0v) is 21.9. The van der Waals surface area contributed by atoms with E-state index in [4.69, 9.17) is 11.6 Å². The van der Waals surface area contributed by atoms with Crippen LogP contribution in [0.2, 0.25) is 5.02 Å². The highest BCUT2D eigenvalue weighted by molar-refractivity contribution is 7.99. The molecule has 0 unspecified atom stereocenters. The Morgan fingerprint density at radius 3 is 2.14 bits per heavy atom. The van der Waals surface area contributed by atoms with Crippen molar-refractivity contribution >= 4 is 35.2 Å². The number of hydrogen-bond donors (Lipinski definition) is 1. The van der Waals surface area contributed by atoms with Crippen molar-refractivity contribution in [3.63, 3.8) is 0 Å². The molecule has 35 heavy (non-hydrogen) atoms. The molecule has 0 spiro atoms. The number of nitrogens with one attached hydrogen (secondary N) is 1. The summed E-state index contributed by atoms with van der Waals surface area (Å²) in [6.07, 6.45) is 0.461. The van der Waals surface area contributed by atoms with Gasteiger partial charge in [-0.2, -0.15) is 0 Å². The molecule has 0 heterocycles. The Morgan fingerprint density at radius 2 is 1.51 bits per heavy atom. The van der Waals surface area contributed by atoms with Crippen LogP contribution < -0.4 is 5.32 Å². The van der Waals surface area contributed by atoms with Crippen molar-refractivity contribution in [2.24, 2.45) is 5.92 Å². The van der Waals surface area contributed by atoms with Crippen molar-refractivity contribution in [3.05, 3.63) is 107 Å². The van der Waals surface area contributed by atoms with Crippen molar-refractivity contribution in [3.8, 4) is 0 Å². The number of carbonyl (C=O) groups is 2. The van der Waals surface area contributed by atoms with Crippen molar-refractivity contribution in [1.82, 2.24) is 10.2 Å². The summed E-state index contributed by atoms with van der Waals surface area (Å²) in [6, 6.07) is 26.8. The van der Waals surface area contributed by atoms with Gasteiger partial charge in [0.25, 0.3) is 0 Å². The van der Waals surface area contributed by atoms with Gasteiger partial charge in [0.05, 0.1) is 5.75 Å². The normalized spacial score (nSPS) is 11.8. The Bertz CT molecular complexity index is 1080. The molecule has 2 amide bonds. The van der Waals surface area contributed by atoms with Crippen LogP contribution in [0.25, 0.3) is 0 Å². The molecule has 0 radical (unpaired) electrons. The first kappa shape index (κ1) is 26.8. The average Bonchev–Trinajstić information content (AvgIpc) is 2.86. The maximum absolute atomic E-state index is 13.6. The van der Waals surface area contributed by atoms with Gasteiger partial charge in [0.2, 0.25) is 11.8 Å². The highest BCUT2D eigenvalue weighted by Crippen LogP contribution is 2.20. The van der Waals surface area contributed by atoms with Gasteiger partial charge in [-0.3, -0.25) is 9.59 Å². The van der Waals surface area contributed by atoms with E-state index in [1.807, 2.05) is 84.9 Å². The lowest BCUT2D eigenvalue weighted by Gasteiger charge is -2.31. The second kappa shape index (κ2) is 14.0. The minimum atomic E-state index is -0.601. The molecule has 0 aliphatic heterocycles. The van der Waals surface area contributed by atoms with E-state index < -0.39 is 6.04 Å². The van der Waals surface area contributed by atoms with Gasteiger partial charge in [0.1, 0.15) is 6.04 Å². The maximum Gasteiger partial charge on any atom is 0.243 e. The van der Waals surface area contributed by atoms with Crippen LogP contribution in [0.1, 0.15) is 30.5 Å². The Labute approximate surface area is 218 Å². The van der Waals surface area contributed by atoms with Gasteiger partial charge in [-0.15, -0.1) is 11.8 Å². The second-order valence-electron chi connectivity index (χ2n) is 8.97. The molecule has 6 heteroatoms. The van der Waals surface area contributed by atoms with E-state index in [9.17, 15) is 9.59 Å². The number of benzene rings is 3. The van der Waals surface area contributed by atoms with Crippen molar-refractivity contribution in [1.29, 1.82) is 0 Å². The summed E-state index contributed by atoms with van der Waals surface area (Å²) in [6.45, 7) is 5.07. The molecule has 0 aliphatic rings. The number of hydrogen-bond acceptors (Lipinski definition) is 3. The molecule has 0 fully saturated rings. The fourth-order valence-electron chi connectivity index (χ4n) is 3.72. The summed E-state index contributed by atoms with van der Waals surface area (Å²) in [5.74, 6) is 1.10. The summed E-state index contributed by atoms with van der Waals surface area (Å²) in [5, 5.41) is 3.74. The van der Waals surface area contributed by atoms with E-state index in [-0.39, 0.29) is 17.6 Å². The van der Waals surface area contributed by atoms with E-state index in [0.717, 1.165) is 16.7 Å². The predicted molar refractivity (Wildman–Crippen MR) is 146 cm³/mol. The molecule has 1 N–H and O–H groups in total. The van der Waals surface area contributed by atoms with Gasteiger partial charge >= 0.3 is 0 Å². The summed E-state index contributed by atoms with van der Waals surface area (Å²) in [4.78, 5) is 28.7. The highest BCUT2D eigenvalue weighted by Gasteiger charge is 2.30.